The monoisotopic (exact) mass is 248 g/mol. The summed E-state index contributed by atoms with van der Waals surface area (Å²) in [7, 11) is 0. The van der Waals surface area contributed by atoms with Gasteiger partial charge in [0, 0.05) is 5.70 Å². The molecule has 18 heavy (non-hydrogen) atoms. The molecule has 2 saturated carbocycles. The topological polar surface area (TPSA) is 24.1 Å². The quantitative estimate of drug-likeness (QED) is 0.774. The first-order valence-corrected chi connectivity index (χ1v) is 8.04. The molecule has 0 aromatic heterocycles. The second-order valence-electron chi connectivity index (χ2n) is 6.80. The first kappa shape index (κ1) is 12.5. The van der Waals surface area contributed by atoms with E-state index in [1.807, 2.05) is 0 Å². The van der Waals surface area contributed by atoms with Crippen molar-refractivity contribution in [2.24, 2.45) is 11.8 Å². The van der Waals surface area contributed by atoms with E-state index in [0.29, 0.717) is 0 Å². The van der Waals surface area contributed by atoms with Crippen molar-refractivity contribution in [1.82, 2.24) is 10.9 Å². The maximum atomic E-state index is 3.61. The highest BCUT2D eigenvalue weighted by Crippen LogP contribution is 2.38. The van der Waals surface area contributed by atoms with Crippen molar-refractivity contribution in [3.05, 3.63) is 11.8 Å². The zero-order valence-corrected chi connectivity index (χ0v) is 11.8. The van der Waals surface area contributed by atoms with Gasteiger partial charge in [-0.3, -0.25) is 0 Å². The molecule has 2 N–H and O–H groups in total. The summed E-state index contributed by atoms with van der Waals surface area (Å²) in [6.45, 7) is 2.39. The van der Waals surface area contributed by atoms with Crippen LogP contribution in [0.2, 0.25) is 0 Å². The molecule has 0 aromatic rings. The predicted octanol–water partition coefficient (Wildman–Crippen LogP) is 3.90. The lowest BCUT2D eigenvalue weighted by Crippen LogP contribution is -2.48. The van der Waals surface area contributed by atoms with E-state index in [4.69, 9.17) is 0 Å². The number of nitrogens with one attached hydrogen (secondary N) is 2. The van der Waals surface area contributed by atoms with Crippen LogP contribution in [0.1, 0.15) is 71.1 Å². The van der Waals surface area contributed by atoms with Crippen LogP contribution in [0.3, 0.4) is 0 Å². The van der Waals surface area contributed by atoms with Crippen molar-refractivity contribution in [2.45, 2.75) is 76.7 Å². The molecule has 2 aliphatic carbocycles. The molecule has 0 aromatic carbocycles. The third-order valence-electron chi connectivity index (χ3n) is 5.43. The minimum Gasteiger partial charge on any atom is -0.325 e. The van der Waals surface area contributed by atoms with E-state index in [9.17, 15) is 0 Å². The Morgan fingerprint density at radius 1 is 0.944 bits per heavy atom. The van der Waals surface area contributed by atoms with E-state index in [0.717, 1.165) is 11.8 Å². The molecule has 1 heterocycles. The van der Waals surface area contributed by atoms with Crippen LogP contribution in [0, 0.1) is 11.8 Å². The molecule has 1 aliphatic heterocycles. The van der Waals surface area contributed by atoms with E-state index in [-0.39, 0.29) is 5.54 Å². The fourth-order valence-electron chi connectivity index (χ4n) is 4.16. The lowest BCUT2D eigenvalue weighted by atomic mass is 9.75. The fourth-order valence-corrected chi connectivity index (χ4v) is 4.16. The Balaban J connectivity index is 1.68. The van der Waals surface area contributed by atoms with Crippen molar-refractivity contribution >= 4 is 0 Å². The average molecular weight is 248 g/mol. The van der Waals surface area contributed by atoms with E-state index in [1.165, 1.54) is 69.9 Å². The highest BCUT2D eigenvalue weighted by atomic mass is 15.4. The highest BCUT2D eigenvalue weighted by molar-refractivity contribution is 5.21. The number of rotatable bonds is 2. The molecule has 0 saturated heterocycles. The summed E-state index contributed by atoms with van der Waals surface area (Å²) in [5.41, 5.74) is 8.85. The summed E-state index contributed by atoms with van der Waals surface area (Å²) < 4.78 is 0. The molecule has 3 rings (SSSR count). The summed E-state index contributed by atoms with van der Waals surface area (Å²) in [5.74, 6) is 1.64. The predicted molar refractivity (Wildman–Crippen MR) is 75.9 cm³/mol. The number of hydrogen-bond donors (Lipinski definition) is 2. The van der Waals surface area contributed by atoms with Gasteiger partial charge in [-0.25, -0.2) is 5.43 Å². The molecule has 0 radical (unpaired) electrons. The Labute approximate surface area is 112 Å². The Morgan fingerprint density at radius 2 is 1.56 bits per heavy atom. The molecule has 1 atom stereocenters. The summed E-state index contributed by atoms with van der Waals surface area (Å²) >= 11 is 0. The molecular weight excluding hydrogens is 220 g/mol. The Bertz CT molecular complexity index is 311. The van der Waals surface area contributed by atoms with Gasteiger partial charge >= 0.3 is 0 Å². The number of allylic oxidation sites excluding steroid dienone is 1. The first-order valence-electron chi connectivity index (χ1n) is 8.04. The summed E-state index contributed by atoms with van der Waals surface area (Å²) in [6.07, 6.45) is 16.7. The fraction of sp³-hybridized carbons (Fsp3) is 0.875. The number of hydrogen-bond acceptors (Lipinski definition) is 2. The van der Waals surface area contributed by atoms with Crippen molar-refractivity contribution in [2.75, 3.05) is 0 Å². The molecular formula is C16H28N2. The summed E-state index contributed by atoms with van der Waals surface area (Å²) in [5, 5.41) is 0. The van der Waals surface area contributed by atoms with Gasteiger partial charge in [-0.2, -0.15) is 0 Å². The van der Waals surface area contributed by atoms with Gasteiger partial charge in [0.25, 0.3) is 0 Å². The van der Waals surface area contributed by atoms with Crippen LogP contribution in [0.15, 0.2) is 11.8 Å². The van der Waals surface area contributed by atoms with Crippen LogP contribution >= 0.6 is 0 Å². The lowest BCUT2D eigenvalue weighted by Gasteiger charge is -2.35. The standard InChI is InChI=1S/C16H28N2/c1-16(14-10-6-3-7-11-14)12-15(17-18-16)13-8-4-2-5-9-13/h12-14,17-18H,2-11H2,1H3. The van der Waals surface area contributed by atoms with E-state index in [2.05, 4.69) is 23.9 Å². The van der Waals surface area contributed by atoms with E-state index < -0.39 is 0 Å². The van der Waals surface area contributed by atoms with Crippen LogP contribution < -0.4 is 10.9 Å². The molecule has 0 spiro atoms. The zero-order valence-electron chi connectivity index (χ0n) is 11.8. The zero-order chi connectivity index (χ0) is 12.4. The molecule has 0 amide bonds. The molecule has 3 aliphatic rings. The van der Waals surface area contributed by atoms with Gasteiger partial charge < -0.3 is 5.43 Å². The van der Waals surface area contributed by atoms with Gasteiger partial charge in [0.15, 0.2) is 0 Å². The maximum Gasteiger partial charge on any atom is 0.0570 e. The van der Waals surface area contributed by atoms with E-state index >= 15 is 0 Å². The lowest BCUT2D eigenvalue weighted by molar-refractivity contribution is 0.221. The van der Waals surface area contributed by atoms with Crippen LogP contribution in [-0.4, -0.2) is 5.54 Å². The third-order valence-corrected chi connectivity index (χ3v) is 5.43. The van der Waals surface area contributed by atoms with Crippen molar-refractivity contribution in [3.8, 4) is 0 Å². The van der Waals surface area contributed by atoms with Gasteiger partial charge in [-0.15, -0.1) is 0 Å². The van der Waals surface area contributed by atoms with Crippen molar-refractivity contribution in [1.29, 1.82) is 0 Å². The van der Waals surface area contributed by atoms with Gasteiger partial charge in [0.2, 0.25) is 0 Å². The maximum absolute atomic E-state index is 3.61. The largest absolute Gasteiger partial charge is 0.325 e. The molecule has 2 nitrogen and oxygen atoms in total. The van der Waals surface area contributed by atoms with Crippen LogP contribution in [0.25, 0.3) is 0 Å². The van der Waals surface area contributed by atoms with E-state index in [1.54, 1.807) is 0 Å². The minimum atomic E-state index is 0.215. The number of hydrazine groups is 1. The Hall–Kier alpha value is -0.500. The van der Waals surface area contributed by atoms with Gasteiger partial charge in [-0.1, -0.05) is 38.5 Å². The molecule has 0 bridgehead atoms. The van der Waals surface area contributed by atoms with Crippen LogP contribution in [0.4, 0.5) is 0 Å². The summed E-state index contributed by atoms with van der Waals surface area (Å²) in [4.78, 5) is 0. The third kappa shape index (κ3) is 2.45. The van der Waals surface area contributed by atoms with Gasteiger partial charge in [0.05, 0.1) is 5.54 Å². The second kappa shape index (κ2) is 5.24. The molecule has 2 fully saturated rings. The normalized spacial score (nSPS) is 35.3. The second-order valence-corrected chi connectivity index (χ2v) is 6.80. The van der Waals surface area contributed by atoms with Crippen LogP contribution in [-0.2, 0) is 0 Å². The average Bonchev–Trinajstić information content (AvgIpc) is 2.85. The van der Waals surface area contributed by atoms with Crippen molar-refractivity contribution < 1.29 is 0 Å². The summed E-state index contributed by atoms with van der Waals surface area (Å²) in [6, 6.07) is 0. The SMILES string of the molecule is CC1(C2CCCCC2)C=C(C2CCCCC2)NN1. The van der Waals surface area contributed by atoms with Gasteiger partial charge in [0.1, 0.15) is 0 Å². The smallest absolute Gasteiger partial charge is 0.0570 e. The molecule has 1 unspecified atom stereocenters. The highest BCUT2D eigenvalue weighted by Gasteiger charge is 2.38. The molecule has 2 heteroatoms. The van der Waals surface area contributed by atoms with Crippen molar-refractivity contribution in [3.63, 3.8) is 0 Å². The Kier molecular flexibility index (Phi) is 3.65. The van der Waals surface area contributed by atoms with Crippen LogP contribution in [0.5, 0.6) is 0 Å². The first-order chi connectivity index (χ1) is 8.78. The minimum absolute atomic E-state index is 0.215. The van der Waals surface area contributed by atoms with Gasteiger partial charge in [-0.05, 0) is 50.5 Å². The molecule has 102 valence electrons. The Morgan fingerprint density at radius 3 is 2.22 bits per heavy atom.